The number of unbranched alkanes of at least 4 members (excludes halogenated alkanes) is 6. The smallest absolute Gasteiger partial charge is 0.303 e. The first-order valence-electron chi connectivity index (χ1n) is 6.52. The lowest BCUT2D eigenvalue weighted by molar-refractivity contribution is -0.138. The first-order valence-corrected chi connectivity index (χ1v) is 6.52. The van der Waals surface area contributed by atoms with Crippen molar-refractivity contribution in [3.05, 3.63) is 0 Å². The first kappa shape index (κ1) is 16.5. The maximum absolute atomic E-state index is 10.2. The Kier molecular flexibility index (Phi) is 11.0. The molecule has 4 nitrogen and oxygen atoms in total. The molecule has 0 atom stereocenters. The summed E-state index contributed by atoms with van der Waals surface area (Å²) in [5, 5.41) is 16.9. The van der Waals surface area contributed by atoms with Gasteiger partial charge < -0.3 is 10.2 Å². The van der Waals surface area contributed by atoms with Crippen molar-refractivity contribution in [3.63, 3.8) is 0 Å². The predicted molar refractivity (Wildman–Crippen MR) is 69.2 cm³/mol. The standard InChI is InChI=1S/C14H22O4/c15-13(16)11-9-7-5-3-1-2-4-6-8-10-12-14(17)18/h3-12H2,(H,15,16)(H,17,18). The molecule has 102 valence electrons. The van der Waals surface area contributed by atoms with Crippen molar-refractivity contribution < 1.29 is 19.8 Å². The van der Waals surface area contributed by atoms with E-state index in [1.165, 1.54) is 0 Å². The van der Waals surface area contributed by atoms with Crippen LogP contribution >= 0.6 is 0 Å². The Morgan fingerprint density at radius 2 is 1.06 bits per heavy atom. The maximum atomic E-state index is 10.2. The van der Waals surface area contributed by atoms with Crippen LogP contribution in [0.5, 0.6) is 0 Å². The third kappa shape index (κ3) is 14.5. The van der Waals surface area contributed by atoms with E-state index in [2.05, 4.69) is 11.8 Å². The van der Waals surface area contributed by atoms with E-state index in [0.717, 1.165) is 51.4 Å². The van der Waals surface area contributed by atoms with Crippen LogP contribution in [0.1, 0.15) is 64.2 Å². The molecule has 0 saturated heterocycles. The normalized spacial score (nSPS) is 9.56. The lowest BCUT2D eigenvalue weighted by Gasteiger charge is -1.94. The number of aliphatic carboxylic acids is 2. The highest BCUT2D eigenvalue weighted by atomic mass is 16.4. The van der Waals surface area contributed by atoms with Gasteiger partial charge in [0.05, 0.1) is 0 Å². The Morgan fingerprint density at radius 1 is 0.667 bits per heavy atom. The van der Waals surface area contributed by atoms with E-state index in [4.69, 9.17) is 10.2 Å². The van der Waals surface area contributed by atoms with Gasteiger partial charge in [0, 0.05) is 25.7 Å². The fraction of sp³-hybridized carbons (Fsp3) is 0.714. The summed E-state index contributed by atoms with van der Waals surface area (Å²) < 4.78 is 0. The molecule has 0 aromatic rings. The molecule has 4 heteroatoms. The van der Waals surface area contributed by atoms with E-state index in [9.17, 15) is 9.59 Å². The van der Waals surface area contributed by atoms with Crippen LogP contribution in [0.3, 0.4) is 0 Å². The Labute approximate surface area is 108 Å². The molecule has 0 unspecified atom stereocenters. The Morgan fingerprint density at radius 3 is 1.39 bits per heavy atom. The third-order valence-electron chi connectivity index (χ3n) is 2.51. The first-order chi connectivity index (χ1) is 8.63. The van der Waals surface area contributed by atoms with E-state index in [1.54, 1.807) is 0 Å². The van der Waals surface area contributed by atoms with Crippen LogP contribution in [-0.2, 0) is 9.59 Å². The molecule has 0 aromatic heterocycles. The van der Waals surface area contributed by atoms with Crippen molar-refractivity contribution in [1.82, 2.24) is 0 Å². The summed E-state index contributed by atoms with van der Waals surface area (Å²) in [6.45, 7) is 0. The van der Waals surface area contributed by atoms with Gasteiger partial charge in [0.2, 0.25) is 0 Å². The highest BCUT2D eigenvalue weighted by Crippen LogP contribution is 2.04. The van der Waals surface area contributed by atoms with Gasteiger partial charge in [-0.05, 0) is 25.7 Å². The molecule has 0 aliphatic heterocycles. The summed E-state index contributed by atoms with van der Waals surface area (Å²) in [5.41, 5.74) is 0. The van der Waals surface area contributed by atoms with Crippen LogP contribution < -0.4 is 0 Å². The van der Waals surface area contributed by atoms with E-state index >= 15 is 0 Å². The van der Waals surface area contributed by atoms with Crippen molar-refractivity contribution in [2.45, 2.75) is 64.2 Å². The molecule has 0 saturated carbocycles. The summed E-state index contributed by atoms with van der Waals surface area (Å²) >= 11 is 0. The second-order valence-electron chi connectivity index (χ2n) is 4.26. The van der Waals surface area contributed by atoms with E-state index in [1.807, 2.05) is 0 Å². The number of hydrogen-bond donors (Lipinski definition) is 2. The molecule has 0 spiro atoms. The lowest BCUT2D eigenvalue weighted by atomic mass is 10.1. The summed E-state index contributed by atoms with van der Waals surface area (Å²) in [6, 6.07) is 0. The molecule has 0 rings (SSSR count). The van der Waals surface area contributed by atoms with E-state index in [-0.39, 0.29) is 12.8 Å². The predicted octanol–water partition coefficient (Wildman–Crippen LogP) is 3.06. The second-order valence-corrected chi connectivity index (χ2v) is 4.26. The van der Waals surface area contributed by atoms with Gasteiger partial charge in [-0.3, -0.25) is 9.59 Å². The molecule has 18 heavy (non-hydrogen) atoms. The average Bonchev–Trinajstić information content (AvgIpc) is 2.29. The van der Waals surface area contributed by atoms with Crippen molar-refractivity contribution >= 4 is 11.9 Å². The van der Waals surface area contributed by atoms with Crippen molar-refractivity contribution in [2.75, 3.05) is 0 Å². The number of carbonyl (C=O) groups is 2. The van der Waals surface area contributed by atoms with Gasteiger partial charge in [-0.1, -0.05) is 12.8 Å². The number of hydrogen-bond acceptors (Lipinski definition) is 2. The van der Waals surface area contributed by atoms with Crippen LogP contribution in [0.4, 0.5) is 0 Å². The number of rotatable bonds is 10. The second kappa shape index (κ2) is 12.0. The average molecular weight is 254 g/mol. The zero-order valence-corrected chi connectivity index (χ0v) is 10.8. The minimum atomic E-state index is -0.734. The minimum Gasteiger partial charge on any atom is -0.481 e. The topological polar surface area (TPSA) is 74.6 Å². The lowest BCUT2D eigenvalue weighted by Crippen LogP contribution is -1.93. The molecule has 0 aliphatic rings. The summed E-state index contributed by atoms with van der Waals surface area (Å²) in [4.78, 5) is 20.5. The van der Waals surface area contributed by atoms with Gasteiger partial charge in [-0.25, -0.2) is 0 Å². The molecule has 0 aromatic carbocycles. The quantitative estimate of drug-likeness (QED) is 0.464. The van der Waals surface area contributed by atoms with E-state index < -0.39 is 11.9 Å². The Balaban J connectivity index is 3.19. The summed E-state index contributed by atoms with van der Waals surface area (Å²) in [6.07, 6.45) is 7.35. The van der Waals surface area contributed by atoms with Crippen molar-refractivity contribution in [3.8, 4) is 11.8 Å². The van der Waals surface area contributed by atoms with Crippen molar-refractivity contribution in [1.29, 1.82) is 0 Å². The van der Waals surface area contributed by atoms with Gasteiger partial charge in [-0.2, -0.15) is 0 Å². The molecule has 0 bridgehead atoms. The van der Waals surface area contributed by atoms with Crippen LogP contribution in [0.25, 0.3) is 0 Å². The molecule has 0 aliphatic carbocycles. The largest absolute Gasteiger partial charge is 0.481 e. The zero-order chi connectivity index (χ0) is 13.6. The molecule has 0 heterocycles. The number of carboxylic acids is 2. The van der Waals surface area contributed by atoms with Gasteiger partial charge in [-0.15, -0.1) is 11.8 Å². The minimum absolute atomic E-state index is 0.247. The van der Waals surface area contributed by atoms with Gasteiger partial charge in [0.15, 0.2) is 0 Å². The SMILES string of the molecule is O=C(O)CCCCCC#CCCCCCC(=O)O. The summed E-state index contributed by atoms with van der Waals surface area (Å²) in [5.74, 6) is 4.65. The van der Waals surface area contributed by atoms with Gasteiger partial charge >= 0.3 is 11.9 Å². The monoisotopic (exact) mass is 254 g/mol. The fourth-order valence-corrected chi connectivity index (χ4v) is 1.51. The maximum Gasteiger partial charge on any atom is 0.303 e. The molecular formula is C14H22O4. The molecule has 0 fully saturated rings. The zero-order valence-electron chi connectivity index (χ0n) is 10.8. The highest BCUT2D eigenvalue weighted by Gasteiger charge is 1.96. The fourth-order valence-electron chi connectivity index (χ4n) is 1.51. The van der Waals surface area contributed by atoms with Gasteiger partial charge in [0.1, 0.15) is 0 Å². The summed E-state index contributed by atoms with van der Waals surface area (Å²) in [7, 11) is 0. The Bertz CT molecular complexity index is 271. The molecule has 2 N–H and O–H groups in total. The highest BCUT2D eigenvalue weighted by molar-refractivity contribution is 5.66. The number of carboxylic acid groups (broad SMARTS) is 2. The van der Waals surface area contributed by atoms with Crippen LogP contribution in [0, 0.1) is 11.8 Å². The van der Waals surface area contributed by atoms with Crippen LogP contribution in [0.15, 0.2) is 0 Å². The van der Waals surface area contributed by atoms with Gasteiger partial charge in [0.25, 0.3) is 0 Å². The van der Waals surface area contributed by atoms with Crippen molar-refractivity contribution in [2.24, 2.45) is 0 Å². The molecular weight excluding hydrogens is 232 g/mol. The molecule has 0 amide bonds. The van der Waals surface area contributed by atoms with Crippen LogP contribution in [-0.4, -0.2) is 22.2 Å². The third-order valence-corrected chi connectivity index (χ3v) is 2.51. The Hall–Kier alpha value is -1.50. The van der Waals surface area contributed by atoms with E-state index in [0.29, 0.717) is 0 Å². The molecule has 0 radical (unpaired) electrons. The van der Waals surface area contributed by atoms with Crippen LogP contribution in [0.2, 0.25) is 0 Å².